The van der Waals surface area contributed by atoms with E-state index >= 15 is 0 Å². The maximum Gasteiger partial charge on any atom is 0.258 e. The Kier molecular flexibility index (Phi) is 7.14. The van der Waals surface area contributed by atoms with Gasteiger partial charge in [-0.1, -0.05) is 31.2 Å². The highest BCUT2D eigenvalue weighted by Crippen LogP contribution is 2.26. The third-order valence-electron chi connectivity index (χ3n) is 3.77. The minimum atomic E-state index is -0.172. The number of benzene rings is 2. The SMILES string of the molecule is CCOc1ccccc1OCC(=O)NC(CC)c1ccc(OC)cc1. The minimum absolute atomic E-state index is 0.0588. The van der Waals surface area contributed by atoms with Gasteiger partial charge in [-0.3, -0.25) is 4.79 Å². The van der Waals surface area contributed by atoms with E-state index in [1.165, 1.54) is 0 Å². The first-order chi connectivity index (χ1) is 12.2. The first kappa shape index (κ1) is 18.6. The molecule has 5 nitrogen and oxygen atoms in total. The Morgan fingerprint density at radius 2 is 1.64 bits per heavy atom. The molecular formula is C20H25NO4. The van der Waals surface area contributed by atoms with Gasteiger partial charge < -0.3 is 19.5 Å². The molecule has 0 bridgehead atoms. The zero-order valence-corrected chi connectivity index (χ0v) is 15.0. The van der Waals surface area contributed by atoms with E-state index in [4.69, 9.17) is 14.2 Å². The number of ether oxygens (including phenoxy) is 3. The van der Waals surface area contributed by atoms with Crippen LogP contribution in [0.5, 0.6) is 17.2 Å². The number of nitrogens with one attached hydrogen (secondary N) is 1. The van der Waals surface area contributed by atoms with Crippen LogP contribution < -0.4 is 19.5 Å². The maximum absolute atomic E-state index is 12.2. The lowest BCUT2D eigenvalue weighted by Gasteiger charge is -2.18. The smallest absolute Gasteiger partial charge is 0.258 e. The van der Waals surface area contributed by atoms with Crippen LogP contribution in [0, 0.1) is 0 Å². The first-order valence-electron chi connectivity index (χ1n) is 8.45. The molecule has 0 aliphatic heterocycles. The molecule has 0 aromatic heterocycles. The molecule has 0 heterocycles. The molecule has 0 radical (unpaired) electrons. The number of carbonyl (C=O) groups is 1. The molecule has 0 fully saturated rings. The second-order valence-corrected chi connectivity index (χ2v) is 5.47. The van der Waals surface area contributed by atoms with Crippen LogP contribution in [0.25, 0.3) is 0 Å². The predicted molar refractivity (Wildman–Crippen MR) is 97.3 cm³/mol. The number of hydrogen-bond donors (Lipinski definition) is 1. The number of methoxy groups -OCH3 is 1. The average molecular weight is 343 g/mol. The van der Waals surface area contributed by atoms with Crippen molar-refractivity contribution in [3.8, 4) is 17.2 Å². The van der Waals surface area contributed by atoms with E-state index in [1.807, 2.05) is 56.3 Å². The molecule has 0 aliphatic carbocycles. The Bertz CT molecular complexity index is 670. The molecule has 2 aromatic rings. The van der Waals surface area contributed by atoms with E-state index in [0.29, 0.717) is 18.1 Å². The number of hydrogen-bond acceptors (Lipinski definition) is 4. The molecule has 0 saturated heterocycles. The van der Waals surface area contributed by atoms with Gasteiger partial charge in [0.2, 0.25) is 0 Å². The molecule has 1 N–H and O–H groups in total. The van der Waals surface area contributed by atoms with Crippen LogP contribution in [0.4, 0.5) is 0 Å². The quantitative estimate of drug-likeness (QED) is 0.753. The Labute approximate surface area is 148 Å². The normalized spacial score (nSPS) is 11.5. The summed E-state index contributed by atoms with van der Waals surface area (Å²) in [7, 11) is 1.63. The highest BCUT2D eigenvalue weighted by Gasteiger charge is 2.14. The van der Waals surface area contributed by atoms with Crippen LogP contribution >= 0.6 is 0 Å². The van der Waals surface area contributed by atoms with E-state index in [-0.39, 0.29) is 18.6 Å². The van der Waals surface area contributed by atoms with Crippen molar-refractivity contribution in [2.75, 3.05) is 20.3 Å². The highest BCUT2D eigenvalue weighted by atomic mass is 16.5. The van der Waals surface area contributed by atoms with Crippen LogP contribution in [0.1, 0.15) is 31.9 Å². The molecule has 0 aliphatic rings. The van der Waals surface area contributed by atoms with Crippen molar-refractivity contribution < 1.29 is 19.0 Å². The van der Waals surface area contributed by atoms with Crippen LogP contribution in [0.2, 0.25) is 0 Å². The fourth-order valence-corrected chi connectivity index (χ4v) is 2.48. The van der Waals surface area contributed by atoms with Crippen LogP contribution in [-0.2, 0) is 4.79 Å². The van der Waals surface area contributed by atoms with Gasteiger partial charge in [-0.15, -0.1) is 0 Å². The Morgan fingerprint density at radius 3 is 2.20 bits per heavy atom. The van der Waals surface area contributed by atoms with Gasteiger partial charge in [0.25, 0.3) is 5.91 Å². The molecule has 134 valence electrons. The van der Waals surface area contributed by atoms with Crippen molar-refractivity contribution in [1.29, 1.82) is 0 Å². The number of carbonyl (C=O) groups excluding carboxylic acids is 1. The summed E-state index contributed by atoms with van der Waals surface area (Å²) >= 11 is 0. The molecule has 2 aromatic carbocycles. The fourth-order valence-electron chi connectivity index (χ4n) is 2.48. The lowest BCUT2D eigenvalue weighted by Crippen LogP contribution is -2.32. The second-order valence-electron chi connectivity index (χ2n) is 5.47. The number of rotatable bonds is 9. The first-order valence-corrected chi connectivity index (χ1v) is 8.45. The van der Waals surface area contributed by atoms with Crippen molar-refractivity contribution in [1.82, 2.24) is 5.32 Å². The minimum Gasteiger partial charge on any atom is -0.497 e. The zero-order valence-electron chi connectivity index (χ0n) is 15.0. The van der Waals surface area contributed by atoms with Crippen molar-refractivity contribution >= 4 is 5.91 Å². The summed E-state index contributed by atoms with van der Waals surface area (Å²) in [5, 5.41) is 3.00. The van der Waals surface area contributed by atoms with E-state index in [9.17, 15) is 4.79 Å². The van der Waals surface area contributed by atoms with E-state index < -0.39 is 0 Å². The Balaban J connectivity index is 1.93. The summed E-state index contributed by atoms with van der Waals surface area (Å²) in [5.41, 5.74) is 1.03. The summed E-state index contributed by atoms with van der Waals surface area (Å²) in [6.07, 6.45) is 0.785. The highest BCUT2D eigenvalue weighted by molar-refractivity contribution is 5.78. The van der Waals surface area contributed by atoms with Gasteiger partial charge in [0.05, 0.1) is 19.8 Å². The molecule has 2 rings (SSSR count). The van der Waals surface area contributed by atoms with Crippen LogP contribution in [-0.4, -0.2) is 26.2 Å². The fraction of sp³-hybridized carbons (Fsp3) is 0.350. The van der Waals surface area contributed by atoms with E-state index in [1.54, 1.807) is 13.2 Å². The van der Waals surface area contributed by atoms with Gasteiger partial charge in [-0.2, -0.15) is 0 Å². The van der Waals surface area contributed by atoms with Crippen molar-refractivity contribution in [3.05, 3.63) is 54.1 Å². The number of amides is 1. The summed E-state index contributed by atoms with van der Waals surface area (Å²) in [4.78, 5) is 12.2. The van der Waals surface area contributed by atoms with Crippen molar-refractivity contribution in [2.45, 2.75) is 26.3 Å². The Hall–Kier alpha value is -2.69. The summed E-state index contributed by atoms with van der Waals surface area (Å²) < 4.78 is 16.3. The third kappa shape index (κ3) is 5.41. The van der Waals surface area contributed by atoms with Gasteiger partial charge >= 0.3 is 0 Å². The molecule has 25 heavy (non-hydrogen) atoms. The van der Waals surface area contributed by atoms with Gasteiger partial charge in [0.15, 0.2) is 18.1 Å². The standard InChI is InChI=1S/C20H25NO4/c1-4-17(15-10-12-16(23-3)13-11-15)21-20(22)14-25-19-9-7-6-8-18(19)24-5-2/h6-13,17H,4-5,14H2,1-3H3,(H,21,22). The molecule has 1 atom stereocenters. The van der Waals surface area contributed by atoms with Gasteiger partial charge in [-0.25, -0.2) is 0 Å². The summed E-state index contributed by atoms with van der Waals surface area (Å²) in [6.45, 7) is 4.42. The lowest BCUT2D eigenvalue weighted by molar-refractivity contribution is -0.123. The monoisotopic (exact) mass is 343 g/mol. The summed E-state index contributed by atoms with van der Waals surface area (Å²) in [5.74, 6) is 1.83. The number of para-hydroxylation sites is 2. The molecule has 5 heteroatoms. The van der Waals surface area contributed by atoms with Gasteiger partial charge in [-0.05, 0) is 43.2 Å². The topological polar surface area (TPSA) is 56.8 Å². The lowest BCUT2D eigenvalue weighted by atomic mass is 10.0. The molecule has 0 saturated carbocycles. The van der Waals surface area contributed by atoms with E-state index in [2.05, 4.69) is 5.32 Å². The van der Waals surface area contributed by atoms with E-state index in [0.717, 1.165) is 17.7 Å². The molecular weight excluding hydrogens is 318 g/mol. The summed E-state index contributed by atoms with van der Waals surface area (Å²) in [6, 6.07) is 15.0. The Morgan fingerprint density at radius 1 is 1.00 bits per heavy atom. The van der Waals surface area contributed by atoms with Gasteiger partial charge in [0.1, 0.15) is 5.75 Å². The van der Waals surface area contributed by atoms with Crippen LogP contribution in [0.15, 0.2) is 48.5 Å². The third-order valence-corrected chi connectivity index (χ3v) is 3.77. The molecule has 1 unspecified atom stereocenters. The largest absolute Gasteiger partial charge is 0.497 e. The molecule has 0 spiro atoms. The van der Waals surface area contributed by atoms with Gasteiger partial charge in [0, 0.05) is 0 Å². The van der Waals surface area contributed by atoms with Crippen LogP contribution in [0.3, 0.4) is 0 Å². The zero-order chi connectivity index (χ0) is 18.1. The van der Waals surface area contributed by atoms with Crippen molar-refractivity contribution in [2.24, 2.45) is 0 Å². The van der Waals surface area contributed by atoms with Crippen molar-refractivity contribution in [3.63, 3.8) is 0 Å². The maximum atomic E-state index is 12.2. The molecule has 1 amide bonds. The predicted octanol–water partition coefficient (Wildman–Crippen LogP) is 3.74. The second kappa shape index (κ2) is 9.57. The average Bonchev–Trinajstić information content (AvgIpc) is 2.66.